The van der Waals surface area contributed by atoms with E-state index in [1.807, 2.05) is 18.2 Å². The standard InChI is InChI=1S/C17H15F3N4O2/c1-9-11-5-3-4-6-12(11)26-13(9)15(25)23-7-8-24-14(10(23)2)21-22-16(24)17(18,19)20/h3-6,10H,7-8H2,1-2H3. The van der Waals surface area contributed by atoms with Crippen LogP contribution in [0.3, 0.4) is 0 Å². The zero-order chi connectivity index (χ0) is 18.6. The molecule has 6 nitrogen and oxygen atoms in total. The van der Waals surface area contributed by atoms with E-state index in [1.54, 1.807) is 19.9 Å². The van der Waals surface area contributed by atoms with Gasteiger partial charge in [-0.25, -0.2) is 0 Å². The topological polar surface area (TPSA) is 64.2 Å². The Morgan fingerprint density at radius 2 is 1.96 bits per heavy atom. The fraction of sp³-hybridized carbons (Fsp3) is 0.353. The molecule has 0 fully saturated rings. The Labute approximate surface area is 146 Å². The number of para-hydroxylation sites is 1. The molecule has 2 aromatic heterocycles. The summed E-state index contributed by atoms with van der Waals surface area (Å²) in [6.07, 6.45) is -4.58. The molecule has 1 unspecified atom stereocenters. The molecule has 0 radical (unpaired) electrons. The molecule has 3 heterocycles. The smallest absolute Gasteiger partial charge is 0.451 e. The monoisotopic (exact) mass is 364 g/mol. The molecule has 4 rings (SSSR count). The summed E-state index contributed by atoms with van der Waals surface area (Å²) in [7, 11) is 0. The van der Waals surface area contributed by atoms with Crippen LogP contribution in [0.25, 0.3) is 11.0 Å². The highest BCUT2D eigenvalue weighted by molar-refractivity contribution is 5.99. The second-order valence-corrected chi connectivity index (χ2v) is 6.26. The van der Waals surface area contributed by atoms with E-state index in [0.29, 0.717) is 11.1 Å². The van der Waals surface area contributed by atoms with Crippen LogP contribution in [0.5, 0.6) is 0 Å². The minimum atomic E-state index is -4.58. The Morgan fingerprint density at radius 1 is 1.23 bits per heavy atom. The molecule has 9 heteroatoms. The molecule has 1 aromatic carbocycles. The first-order valence-corrected chi connectivity index (χ1v) is 8.08. The number of amides is 1. The molecule has 0 saturated heterocycles. The highest BCUT2D eigenvalue weighted by atomic mass is 19.4. The molecule has 0 aliphatic carbocycles. The molecule has 26 heavy (non-hydrogen) atoms. The van der Waals surface area contributed by atoms with Crippen LogP contribution >= 0.6 is 0 Å². The summed E-state index contributed by atoms with van der Waals surface area (Å²) in [5.74, 6) is -1.09. The first kappa shape index (κ1) is 16.6. The highest BCUT2D eigenvalue weighted by Gasteiger charge is 2.42. The summed E-state index contributed by atoms with van der Waals surface area (Å²) in [5, 5.41) is 7.77. The third kappa shape index (κ3) is 2.38. The Kier molecular flexibility index (Phi) is 3.57. The highest BCUT2D eigenvalue weighted by Crippen LogP contribution is 2.34. The zero-order valence-electron chi connectivity index (χ0n) is 14.0. The van der Waals surface area contributed by atoms with Gasteiger partial charge < -0.3 is 13.9 Å². The van der Waals surface area contributed by atoms with Gasteiger partial charge in [-0.1, -0.05) is 18.2 Å². The number of benzene rings is 1. The second kappa shape index (κ2) is 5.58. The second-order valence-electron chi connectivity index (χ2n) is 6.26. The summed E-state index contributed by atoms with van der Waals surface area (Å²) in [6.45, 7) is 3.52. The average Bonchev–Trinajstić information content (AvgIpc) is 3.17. The molecule has 136 valence electrons. The SMILES string of the molecule is Cc1c(C(=O)N2CCn3c(nnc3C(F)(F)F)C2C)oc2ccccc12. The molecule has 0 bridgehead atoms. The Hall–Kier alpha value is -2.84. The Balaban J connectivity index is 1.70. The van der Waals surface area contributed by atoms with Crippen LogP contribution in [0.1, 0.15) is 40.7 Å². The van der Waals surface area contributed by atoms with Gasteiger partial charge in [-0.05, 0) is 19.9 Å². The number of hydrogen-bond donors (Lipinski definition) is 0. The van der Waals surface area contributed by atoms with Gasteiger partial charge in [-0.3, -0.25) is 4.79 Å². The molecule has 0 N–H and O–H groups in total. The summed E-state index contributed by atoms with van der Waals surface area (Å²) in [6, 6.07) is 6.64. The number of aromatic nitrogens is 3. The van der Waals surface area contributed by atoms with Gasteiger partial charge in [-0.2, -0.15) is 13.2 Å². The summed E-state index contributed by atoms with van der Waals surface area (Å²) < 4.78 is 45.8. The number of alkyl halides is 3. The number of aryl methyl sites for hydroxylation is 1. The van der Waals surface area contributed by atoms with Crippen molar-refractivity contribution in [1.29, 1.82) is 0 Å². The van der Waals surface area contributed by atoms with E-state index in [2.05, 4.69) is 10.2 Å². The lowest BCUT2D eigenvalue weighted by molar-refractivity contribution is -0.148. The fourth-order valence-corrected chi connectivity index (χ4v) is 3.38. The predicted octanol–water partition coefficient (Wildman–Crippen LogP) is 3.57. The largest absolute Gasteiger partial charge is 0.451 e. The van der Waals surface area contributed by atoms with E-state index in [9.17, 15) is 18.0 Å². The molecule has 0 saturated carbocycles. The molecule has 0 spiro atoms. The van der Waals surface area contributed by atoms with E-state index >= 15 is 0 Å². The van der Waals surface area contributed by atoms with E-state index < -0.39 is 18.0 Å². The normalized spacial score (nSPS) is 17.6. The maximum Gasteiger partial charge on any atom is 0.451 e. The summed E-state index contributed by atoms with van der Waals surface area (Å²) in [5.41, 5.74) is 1.31. The zero-order valence-corrected chi connectivity index (χ0v) is 14.0. The third-order valence-corrected chi connectivity index (χ3v) is 4.74. The van der Waals surface area contributed by atoms with Crippen LogP contribution in [0, 0.1) is 6.92 Å². The van der Waals surface area contributed by atoms with Gasteiger partial charge in [0, 0.05) is 24.0 Å². The summed E-state index contributed by atoms with van der Waals surface area (Å²) >= 11 is 0. The van der Waals surface area contributed by atoms with Gasteiger partial charge in [0.05, 0.1) is 6.04 Å². The third-order valence-electron chi connectivity index (χ3n) is 4.74. The number of halogens is 3. The van der Waals surface area contributed by atoms with E-state index in [0.717, 1.165) is 9.95 Å². The van der Waals surface area contributed by atoms with Crippen LogP contribution < -0.4 is 0 Å². The van der Waals surface area contributed by atoms with Crippen molar-refractivity contribution >= 4 is 16.9 Å². The Bertz CT molecular complexity index is 1010. The average molecular weight is 364 g/mol. The van der Waals surface area contributed by atoms with Crippen molar-refractivity contribution in [2.24, 2.45) is 0 Å². The minimum absolute atomic E-state index is 0.0213. The molecule has 1 atom stereocenters. The van der Waals surface area contributed by atoms with E-state index in [4.69, 9.17) is 4.42 Å². The van der Waals surface area contributed by atoms with Crippen molar-refractivity contribution in [3.63, 3.8) is 0 Å². The van der Waals surface area contributed by atoms with Gasteiger partial charge in [0.15, 0.2) is 11.6 Å². The molecule has 3 aromatic rings. The molecule has 1 aliphatic heterocycles. The van der Waals surface area contributed by atoms with Crippen molar-refractivity contribution in [3.05, 3.63) is 47.2 Å². The van der Waals surface area contributed by atoms with Gasteiger partial charge >= 0.3 is 6.18 Å². The van der Waals surface area contributed by atoms with Crippen LogP contribution in [-0.4, -0.2) is 32.1 Å². The number of hydrogen-bond acceptors (Lipinski definition) is 4. The molecular formula is C17H15F3N4O2. The fourth-order valence-electron chi connectivity index (χ4n) is 3.38. The van der Waals surface area contributed by atoms with Gasteiger partial charge in [0.1, 0.15) is 5.58 Å². The maximum absolute atomic E-state index is 13.0. The molecular weight excluding hydrogens is 349 g/mol. The van der Waals surface area contributed by atoms with Crippen LogP contribution in [0.15, 0.2) is 28.7 Å². The first-order chi connectivity index (χ1) is 12.3. The van der Waals surface area contributed by atoms with Crippen molar-refractivity contribution in [3.8, 4) is 0 Å². The molecule has 1 amide bonds. The first-order valence-electron chi connectivity index (χ1n) is 8.08. The van der Waals surface area contributed by atoms with Crippen LogP contribution in [-0.2, 0) is 12.7 Å². The number of fused-ring (bicyclic) bond motifs is 2. The van der Waals surface area contributed by atoms with E-state index in [1.165, 1.54) is 4.90 Å². The van der Waals surface area contributed by atoms with Crippen molar-refractivity contribution in [2.75, 3.05) is 6.54 Å². The van der Waals surface area contributed by atoms with E-state index in [-0.39, 0.29) is 30.6 Å². The Morgan fingerprint density at radius 3 is 2.65 bits per heavy atom. The minimum Gasteiger partial charge on any atom is -0.451 e. The number of furan rings is 1. The van der Waals surface area contributed by atoms with Crippen LogP contribution in [0.2, 0.25) is 0 Å². The number of rotatable bonds is 1. The number of carbonyl (C=O) groups excluding carboxylic acids is 1. The lowest BCUT2D eigenvalue weighted by Gasteiger charge is -2.33. The van der Waals surface area contributed by atoms with Crippen molar-refractivity contribution in [2.45, 2.75) is 32.6 Å². The number of nitrogens with zero attached hydrogens (tertiary/aromatic N) is 4. The van der Waals surface area contributed by atoms with Crippen LogP contribution in [0.4, 0.5) is 13.2 Å². The summed E-state index contributed by atoms with van der Waals surface area (Å²) in [4.78, 5) is 14.4. The molecule has 1 aliphatic rings. The van der Waals surface area contributed by atoms with Gasteiger partial charge in [-0.15, -0.1) is 10.2 Å². The predicted molar refractivity (Wildman–Crippen MR) is 85.4 cm³/mol. The lowest BCUT2D eigenvalue weighted by Crippen LogP contribution is -2.42. The van der Waals surface area contributed by atoms with Gasteiger partial charge in [0.2, 0.25) is 5.82 Å². The van der Waals surface area contributed by atoms with Crippen molar-refractivity contribution in [1.82, 2.24) is 19.7 Å². The van der Waals surface area contributed by atoms with Gasteiger partial charge in [0.25, 0.3) is 5.91 Å². The number of carbonyl (C=O) groups is 1. The lowest BCUT2D eigenvalue weighted by atomic mass is 10.1. The van der Waals surface area contributed by atoms with Crippen molar-refractivity contribution < 1.29 is 22.4 Å². The quantitative estimate of drug-likeness (QED) is 0.662. The maximum atomic E-state index is 13.0.